The van der Waals surface area contributed by atoms with Gasteiger partial charge in [0.1, 0.15) is 0 Å². The molecule has 0 N–H and O–H groups in total. The van der Waals surface area contributed by atoms with E-state index in [0.29, 0.717) is 31.7 Å². The minimum absolute atomic E-state index is 0.103. The number of fused-ring (bicyclic) bond motifs is 1. The summed E-state index contributed by atoms with van der Waals surface area (Å²) in [6.07, 6.45) is 0.401. The van der Waals surface area contributed by atoms with Gasteiger partial charge in [0.15, 0.2) is 6.10 Å². The zero-order valence-corrected chi connectivity index (χ0v) is 17.6. The number of benzene rings is 2. The average Bonchev–Trinajstić information content (AvgIpc) is 3.11. The number of rotatable bonds is 4. The number of nitrogens with zero attached hydrogens (tertiary/aromatic N) is 2. The summed E-state index contributed by atoms with van der Waals surface area (Å²) >= 11 is 0. The third kappa shape index (κ3) is 4.05. The van der Waals surface area contributed by atoms with Crippen LogP contribution in [0.5, 0.6) is 0 Å². The summed E-state index contributed by atoms with van der Waals surface area (Å²) in [6, 6.07) is 14.3. The van der Waals surface area contributed by atoms with Crippen LogP contribution in [0.2, 0.25) is 0 Å². The van der Waals surface area contributed by atoms with E-state index < -0.39 is 22.1 Å². The Balaban J connectivity index is 1.43. The first-order valence-corrected chi connectivity index (χ1v) is 11.6. The van der Waals surface area contributed by atoms with E-state index in [1.165, 1.54) is 15.9 Å². The van der Waals surface area contributed by atoms with Crippen LogP contribution in [0.25, 0.3) is 0 Å². The number of esters is 1. The number of anilines is 1. The summed E-state index contributed by atoms with van der Waals surface area (Å²) in [7, 11) is -3.34. The number of hydrogen-bond acceptors (Lipinski definition) is 5. The average molecular weight is 429 g/mol. The Labute approximate surface area is 176 Å². The third-order valence-electron chi connectivity index (χ3n) is 5.54. The first-order chi connectivity index (χ1) is 14.3. The molecule has 1 atom stereocenters. The maximum atomic E-state index is 12.8. The third-order valence-corrected chi connectivity index (χ3v) is 7.41. The lowest BCUT2D eigenvalue weighted by molar-refractivity contribution is -0.140. The van der Waals surface area contributed by atoms with Crippen molar-refractivity contribution in [3.8, 4) is 0 Å². The molecule has 0 unspecified atom stereocenters. The molecule has 0 bridgehead atoms. The Morgan fingerprint density at radius 2 is 1.80 bits per heavy atom. The van der Waals surface area contributed by atoms with Gasteiger partial charge in [0.2, 0.25) is 10.0 Å². The van der Waals surface area contributed by atoms with Crippen LogP contribution in [0.3, 0.4) is 0 Å². The van der Waals surface area contributed by atoms with Crippen molar-refractivity contribution in [3.63, 3.8) is 0 Å². The van der Waals surface area contributed by atoms with Crippen LogP contribution < -0.4 is 4.31 Å². The molecular weight excluding hydrogens is 404 g/mol. The molecule has 0 aromatic heterocycles. The second-order valence-electron chi connectivity index (χ2n) is 7.62. The molecule has 7 nitrogen and oxygen atoms in total. The monoisotopic (exact) mass is 428 g/mol. The van der Waals surface area contributed by atoms with E-state index in [1.54, 1.807) is 30.0 Å². The van der Waals surface area contributed by atoms with Gasteiger partial charge >= 0.3 is 5.97 Å². The molecule has 2 aromatic carbocycles. The van der Waals surface area contributed by atoms with Gasteiger partial charge in [-0.05, 0) is 49.1 Å². The molecule has 158 valence electrons. The molecule has 0 spiro atoms. The Morgan fingerprint density at radius 1 is 1.03 bits per heavy atom. The van der Waals surface area contributed by atoms with E-state index >= 15 is 0 Å². The number of ether oxygens (including phenoxy) is 1. The van der Waals surface area contributed by atoms with Gasteiger partial charge in [0.25, 0.3) is 5.91 Å². The van der Waals surface area contributed by atoms with E-state index in [4.69, 9.17) is 4.74 Å². The fourth-order valence-corrected chi connectivity index (χ4v) is 5.49. The van der Waals surface area contributed by atoms with Crippen LogP contribution in [0.1, 0.15) is 34.8 Å². The van der Waals surface area contributed by atoms with Gasteiger partial charge in [-0.25, -0.2) is 13.2 Å². The van der Waals surface area contributed by atoms with Crippen LogP contribution in [0.15, 0.2) is 48.5 Å². The number of sulfonamides is 1. The van der Waals surface area contributed by atoms with Crippen molar-refractivity contribution in [2.45, 2.75) is 32.4 Å². The molecule has 1 saturated heterocycles. The highest BCUT2D eigenvalue weighted by Gasteiger charge is 2.30. The number of carbonyl (C=O) groups excluding carboxylic acids is 2. The van der Waals surface area contributed by atoms with Gasteiger partial charge in [0, 0.05) is 19.6 Å². The largest absolute Gasteiger partial charge is 0.449 e. The Bertz CT molecular complexity index is 1080. The lowest BCUT2D eigenvalue weighted by Crippen LogP contribution is -2.42. The molecule has 0 radical (unpaired) electrons. The second kappa shape index (κ2) is 8.10. The van der Waals surface area contributed by atoms with Gasteiger partial charge in [-0.15, -0.1) is 0 Å². The van der Waals surface area contributed by atoms with Crippen molar-refractivity contribution in [2.24, 2.45) is 0 Å². The fourth-order valence-electron chi connectivity index (χ4n) is 3.94. The van der Waals surface area contributed by atoms with Gasteiger partial charge < -0.3 is 9.64 Å². The van der Waals surface area contributed by atoms with E-state index in [-0.39, 0.29) is 17.2 Å². The number of amides is 1. The van der Waals surface area contributed by atoms with Crippen molar-refractivity contribution in [3.05, 3.63) is 65.2 Å². The van der Waals surface area contributed by atoms with Crippen molar-refractivity contribution in [1.29, 1.82) is 0 Å². The summed E-state index contributed by atoms with van der Waals surface area (Å²) in [4.78, 5) is 27.1. The summed E-state index contributed by atoms with van der Waals surface area (Å²) in [5, 5.41) is 0. The molecule has 1 fully saturated rings. The first kappa shape index (κ1) is 20.4. The topological polar surface area (TPSA) is 84.0 Å². The summed E-state index contributed by atoms with van der Waals surface area (Å²) < 4.78 is 31.0. The molecule has 0 aliphatic carbocycles. The van der Waals surface area contributed by atoms with E-state index in [9.17, 15) is 18.0 Å². The molecule has 1 amide bonds. The summed E-state index contributed by atoms with van der Waals surface area (Å²) in [5.41, 5.74) is 3.00. The molecule has 30 heavy (non-hydrogen) atoms. The highest BCUT2D eigenvalue weighted by atomic mass is 32.2. The van der Waals surface area contributed by atoms with Crippen LogP contribution in [0.4, 0.5) is 5.69 Å². The van der Waals surface area contributed by atoms with Gasteiger partial charge in [-0.3, -0.25) is 9.10 Å². The minimum Gasteiger partial charge on any atom is -0.449 e. The van der Waals surface area contributed by atoms with E-state index in [1.807, 2.05) is 18.2 Å². The second-order valence-corrected chi connectivity index (χ2v) is 9.63. The van der Waals surface area contributed by atoms with Crippen molar-refractivity contribution in [1.82, 2.24) is 4.90 Å². The fraction of sp³-hybridized carbons (Fsp3) is 0.364. The van der Waals surface area contributed by atoms with Gasteiger partial charge in [0.05, 0.1) is 17.0 Å². The quantitative estimate of drug-likeness (QED) is 0.698. The predicted octanol–water partition coefficient (Wildman–Crippen LogP) is 2.36. The molecule has 2 aliphatic heterocycles. The molecule has 4 rings (SSSR count). The molecule has 2 aliphatic rings. The van der Waals surface area contributed by atoms with Crippen LogP contribution >= 0.6 is 0 Å². The van der Waals surface area contributed by atoms with Crippen LogP contribution in [-0.4, -0.2) is 50.1 Å². The maximum Gasteiger partial charge on any atom is 0.338 e. The Kier molecular flexibility index (Phi) is 5.51. The number of hydrogen-bond donors (Lipinski definition) is 0. The van der Waals surface area contributed by atoms with Crippen LogP contribution in [-0.2, 0) is 32.5 Å². The zero-order valence-electron chi connectivity index (χ0n) is 16.8. The van der Waals surface area contributed by atoms with Gasteiger partial charge in [-0.1, -0.05) is 30.3 Å². The highest BCUT2D eigenvalue weighted by Crippen LogP contribution is 2.25. The molecule has 2 heterocycles. The standard InChI is InChI=1S/C22H24N2O5S/c1-16(21(25)23-12-10-17-6-2-3-7-19(17)15-23)29-22(26)18-8-4-9-20(14-18)24-11-5-13-30(24,27)28/h2-4,6-9,14,16H,5,10-13,15H2,1H3/t16-/m1/s1. The van der Waals surface area contributed by atoms with Crippen molar-refractivity contribution < 1.29 is 22.7 Å². The first-order valence-electron chi connectivity index (χ1n) is 10.0. The zero-order chi connectivity index (χ0) is 21.3. The highest BCUT2D eigenvalue weighted by molar-refractivity contribution is 7.93. The number of carbonyl (C=O) groups is 2. The predicted molar refractivity (Wildman–Crippen MR) is 113 cm³/mol. The van der Waals surface area contributed by atoms with Gasteiger partial charge in [-0.2, -0.15) is 0 Å². The molecule has 0 saturated carbocycles. The Hall–Kier alpha value is -2.87. The summed E-state index contributed by atoms with van der Waals surface area (Å²) in [5.74, 6) is -0.783. The minimum atomic E-state index is -3.34. The van der Waals surface area contributed by atoms with Crippen molar-refractivity contribution in [2.75, 3.05) is 23.1 Å². The summed E-state index contributed by atoms with van der Waals surface area (Å²) in [6.45, 7) is 3.04. The lowest BCUT2D eigenvalue weighted by Gasteiger charge is -2.30. The maximum absolute atomic E-state index is 12.8. The van der Waals surface area contributed by atoms with E-state index in [0.717, 1.165) is 12.0 Å². The Morgan fingerprint density at radius 3 is 2.53 bits per heavy atom. The lowest BCUT2D eigenvalue weighted by atomic mass is 9.99. The van der Waals surface area contributed by atoms with Crippen molar-refractivity contribution >= 4 is 27.6 Å². The normalized spacial score (nSPS) is 18.6. The molecule has 2 aromatic rings. The molecule has 8 heteroatoms. The molecular formula is C22H24N2O5S. The van der Waals surface area contributed by atoms with E-state index in [2.05, 4.69) is 6.07 Å². The smallest absolute Gasteiger partial charge is 0.338 e. The SMILES string of the molecule is C[C@@H](OC(=O)c1cccc(N2CCCS2(=O)=O)c1)C(=O)N1CCc2ccccc2C1. The van der Waals surface area contributed by atoms with Crippen LogP contribution in [0, 0.1) is 0 Å².